The molecule has 1 aliphatic rings. The fourth-order valence-corrected chi connectivity index (χ4v) is 2.42. The number of benzene rings is 1. The number of carbonyl (C=O) groups is 1. The van der Waals surface area contributed by atoms with Gasteiger partial charge in [-0.2, -0.15) is 5.26 Å². The van der Waals surface area contributed by atoms with Crippen molar-refractivity contribution in [3.05, 3.63) is 41.5 Å². The number of allylic oxidation sites excluding steroid dienone is 1. The first-order valence-corrected chi connectivity index (χ1v) is 7.51. The summed E-state index contributed by atoms with van der Waals surface area (Å²) in [6, 6.07) is 9.45. The van der Waals surface area contributed by atoms with Crippen LogP contribution in [-0.4, -0.2) is 23.1 Å². The molecule has 1 atom stereocenters. The molecule has 0 aliphatic carbocycles. The molecule has 4 heteroatoms. The molecule has 1 unspecified atom stereocenters. The lowest BCUT2D eigenvalue weighted by Gasteiger charge is -2.34. The Labute approximate surface area is 132 Å². The Hall–Kier alpha value is -2.28. The molecule has 0 aromatic heterocycles. The van der Waals surface area contributed by atoms with Gasteiger partial charge in [-0.1, -0.05) is 25.1 Å². The first kappa shape index (κ1) is 16.1. The molecule has 0 fully saturated rings. The number of hydrogen-bond acceptors (Lipinski definition) is 3. The first-order chi connectivity index (χ1) is 10.3. The minimum Gasteiger partial charge on any atom is -0.443 e. The molecule has 0 N–H and O–H groups in total. The zero-order valence-electron chi connectivity index (χ0n) is 13.6. The molecule has 116 valence electrons. The quantitative estimate of drug-likeness (QED) is 0.781. The minimum atomic E-state index is -0.530. The molecule has 1 heterocycles. The van der Waals surface area contributed by atoms with Crippen LogP contribution < -0.4 is 0 Å². The summed E-state index contributed by atoms with van der Waals surface area (Å²) in [6.45, 7) is 8.31. The predicted molar refractivity (Wildman–Crippen MR) is 85.9 cm³/mol. The number of rotatable bonds is 1. The molecule has 22 heavy (non-hydrogen) atoms. The largest absolute Gasteiger partial charge is 0.443 e. The lowest BCUT2D eigenvalue weighted by Crippen LogP contribution is -2.39. The van der Waals surface area contributed by atoms with Crippen LogP contribution in [0.5, 0.6) is 0 Å². The molecular weight excluding hydrogens is 276 g/mol. The van der Waals surface area contributed by atoms with Crippen LogP contribution in [0.2, 0.25) is 0 Å². The van der Waals surface area contributed by atoms with Gasteiger partial charge in [0.15, 0.2) is 0 Å². The monoisotopic (exact) mass is 298 g/mol. The van der Waals surface area contributed by atoms with Crippen LogP contribution >= 0.6 is 0 Å². The van der Waals surface area contributed by atoms with E-state index >= 15 is 0 Å². The van der Waals surface area contributed by atoms with E-state index in [0.717, 1.165) is 17.7 Å². The third kappa shape index (κ3) is 3.88. The van der Waals surface area contributed by atoms with Crippen molar-refractivity contribution in [2.45, 2.75) is 39.7 Å². The molecule has 2 rings (SSSR count). The molecule has 0 saturated heterocycles. The zero-order valence-corrected chi connectivity index (χ0v) is 13.6. The number of carbonyl (C=O) groups excluding carboxylic acids is 1. The van der Waals surface area contributed by atoms with E-state index in [9.17, 15) is 4.79 Å². The maximum atomic E-state index is 12.5. The fraction of sp³-hybridized carbons (Fsp3) is 0.444. The summed E-state index contributed by atoms with van der Waals surface area (Å²) in [5.74, 6) is 0.385. The Bertz CT molecular complexity index is 635. The van der Waals surface area contributed by atoms with Crippen molar-refractivity contribution >= 4 is 11.8 Å². The summed E-state index contributed by atoms with van der Waals surface area (Å²) in [7, 11) is 0. The Balaban J connectivity index is 2.34. The Morgan fingerprint density at radius 1 is 1.41 bits per heavy atom. The second-order valence-electron chi connectivity index (χ2n) is 6.71. The Morgan fingerprint density at radius 2 is 2.14 bits per heavy atom. The van der Waals surface area contributed by atoms with E-state index in [0.29, 0.717) is 18.0 Å². The third-order valence-corrected chi connectivity index (χ3v) is 3.40. The van der Waals surface area contributed by atoms with Crippen molar-refractivity contribution in [2.24, 2.45) is 5.92 Å². The molecule has 0 radical (unpaired) electrons. The number of nitrogens with zero attached hydrogens (tertiary/aromatic N) is 2. The smallest absolute Gasteiger partial charge is 0.414 e. The Kier molecular flexibility index (Phi) is 4.56. The molecular formula is C18H22N2O2. The van der Waals surface area contributed by atoms with Gasteiger partial charge in [0.05, 0.1) is 17.3 Å². The van der Waals surface area contributed by atoms with Crippen molar-refractivity contribution in [3.63, 3.8) is 0 Å². The highest BCUT2D eigenvalue weighted by molar-refractivity contribution is 5.83. The predicted octanol–water partition coefficient (Wildman–Crippen LogP) is 4.18. The molecule has 1 aromatic carbocycles. The van der Waals surface area contributed by atoms with Gasteiger partial charge in [-0.3, -0.25) is 4.90 Å². The van der Waals surface area contributed by atoms with E-state index in [-0.39, 0.29) is 6.09 Å². The summed E-state index contributed by atoms with van der Waals surface area (Å²) < 4.78 is 5.51. The van der Waals surface area contributed by atoms with Crippen LogP contribution in [0.25, 0.3) is 5.70 Å². The highest BCUT2D eigenvalue weighted by Gasteiger charge is 2.29. The molecule has 0 saturated carbocycles. The van der Waals surface area contributed by atoms with E-state index < -0.39 is 5.60 Å². The number of hydrogen-bond donors (Lipinski definition) is 0. The van der Waals surface area contributed by atoms with Crippen molar-refractivity contribution in [3.8, 4) is 6.07 Å². The van der Waals surface area contributed by atoms with Crippen LogP contribution in [0.15, 0.2) is 30.3 Å². The van der Waals surface area contributed by atoms with Gasteiger partial charge < -0.3 is 4.74 Å². The van der Waals surface area contributed by atoms with Gasteiger partial charge in [0.1, 0.15) is 5.60 Å². The summed E-state index contributed by atoms with van der Waals surface area (Å²) in [5.41, 5.74) is 1.75. The molecule has 0 spiro atoms. The van der Waals surface area contributed by atoms with Crippen molar-refractivity contribution < 1.29 is 9.53 Å². The van der Waals surface area contributed by atoms with Crippen LogP contribution in [0.1, 0.15) is 45.2 Å². The number of amides is 1. The molecule has 1 aromatic rings. The van der Waals surface area contributed by atoms with Gasteiger partial charge in [0.2, 0.25) is 0 Å². The first-order valence-electron chi connectivity index (χ1n) is 7.51. The zero-order chi connectivity index (χ0) is 16.3. The molecule has 0 bridgehead atoms. The topological polar surface area (TPSA) is 53.3 Å². The Morgan fingerprint density at radius 3 is 2.77 bits per heavy atom. The van der Waals surface area contributed by atoms with Gasteiger partial charge in [-0.05, 0) is 50.8 Å². The SMILES string of the molecule is CC1CC=C(c2cccc(C#N)c2)N(C(=O)OC(C)(C)C)C1. The van der Waals surface area contributed by atoms with Crippen LogP contribution in [0.3, 0.4) is 0 Å². The summed E-state index contributed by atoms with van der Waals surface area (Å²) in [4.78, 5) is 14.2. The van der Waals surface area contributed by atoms with Crippen molar-refractivity contribution in [1.29, 1.82) is 5.26 Å². The summed E-state index contributed by atoms with van der Waals surface area (Å²) >= 11 is 0. The van der Waals surface area contributed by atoms with Crippen LogP contribution in [0, 0.1) is 17.2 Å². The van der Waals surface area contributed by atoms with Crippen LogP contribution in [-0.2, 0) is 4.74 Å². The van der Waals surface area contributed by atoms with Crippen LogP contribution in [0.4, 0.5) is 4.79 Å². The minimum absolute atomic E-state index is 0.340. The van der Waals surface area contributed by atoms with Gasteiger partial charge >= 0.3 is 6.09 Å². The van der Waals surface area contributed by atoms with E-state index in [1.54, 1.807) is 17.0 Å². The van der Waals surface area contributed by atoms with E-state index in [1.807, 2.05) is 32.9 Å². The van der Waals surface area contributed by atoms with E-state index in [2.05, 4.69) is 19.1 Å². The summed E-state index contributed by atoms with van der Waals surface area (Å²) in [5, 5.41) is 9.06. The van der Waals surface area contributed by atoms with E-state index in [4.69, 9.17) is 10.00 Å². The molecule has 1 amide bonds. The summed E-state index contributed by atoms with van der Waals surface area (Å²) in [6.07, 6.45) is 2.62. The molecule has 1 aliphatic heterocycles. The van der Waals surface area contributed by atoms with Gasteiger partial charge in [0.25, 0.3) is 0 Å². The lowest BCUT2D eigenvalue weighted by atomic mass is 9.98. The highest BCUT2D eigenvalue weighted by Crippen LogP contribution is 2.29. The third-order valence-electron chi connectivity index (χ3n) is 3.40. The van der Waals surface area contributed by atoms with Gasteiger partial charge in [-0.15, -0.1) is 0 Å². The average Bonchev–Trinajstić information content (AvgIpc) is 2.45. The van der Waals surface area contributed by atoms with E-state index in [1.165, 1.54) is 0 Å². The second kappa shape index (κ2) is 6.23. The lowest BCUT2D eigenvalue weighted by molar-refractivity contribution is 0.0327. The highest BCUT2D eigenvalue weighted by atomic mass is 16.6. The van der Waals surface area contributed by atoms with Gasteiger partial charge in [0, 0.05) is 6.54 Å². The fourth-order valence-electron chi connectivity index (χ4n) is 2.42. The second-order valence-corrected chi connectivity index (χ2v) is 6.71. The average molecular weight is 298 g/mol. The van der Waals surface area contributed by atoms with Crippen molar-refractivity contribution in [1.82, 2.24) is 4.90 Å². The number of nitriles is 1. The maximum Gasteiger partial charge on any atom is 0.414 e. The van der Waals surface area contributed by atoms with Gasteiger partial charge in [-0.25, -0.2) is 4.79 Å². The van der Waals surface area contributed by atoms with Crippen molar-refractivity contribution in [2.75, 3.05) is 6.54 Å². The maximum absolute atomic E-state index is 12.5. The number of ether oxygens (including phenoxy) is 1. The molecule has 4 nitrogen and oxygen atoms in total. The normalized spacial score (nSPS) is 18.4. The standard InChI is InChI=1S/C18H22N2O2/c1-13-8-9-16(15-7-5-6-14(10-15)11-19)20(12-13)17(21)22-18(2,3)4/h5-7,9-10,13H,8,12H2,1-4H3.